The van der Waals surface area contributed by atoms with Gasteiger partial charge in [0.25, 0.3) is 5.91 Å². The van der Waals surface area contributed by atoms with Crippen molar-refractivity contribution in [1.82, 2.24) is 4.90 Å². The third-order valence-corrected chi connectivity index (χ3v) is 7.33. The molecule has 0 unspecified atom stereocenters. The molecule has 0 saturated carbocycles. The number of carbonyl (C=O) groups excluding carboxylic acids is 2. The Balaban J connectivity index is 1.62. The van der Waals surface area contributed by atoms with Gasteiger partial charge >= 0.3 is 5.97 Å². The van der Waals surface area contributed by atoms with Gasteiger partial charge in [0.15, 0.2) is 16.4 Å². The first-order valence-corrected chi connectivity index (χ1v) is 11.2. The molecule has 2 heterocycles. The summed E-state index contributed by atoms with van der Waals surface area (Å²) < 4.78 is 28.3. The Labute approximate surface area is 162 Å². The summed E-state index contributed by atoms with van der Waals surface area (Å²) in [4.78, 5) is 26.5. The Hall–Kier alpha value is -2.19. The summed E-state index contributed by atoms with van der Waals surface area (Å²) in [6.07, 6.45) is 0.418. The van der Waals surface area contributed by atoms with E-state index in [1.165, 1.54) is 16.2 Å². The average molecular weight is 408 g/mol. The minimum Gasteiger partial charge on any atom is -0.451 e. The number of aryl methyl sites for hydroxylation is 1. The third kappa shape index (κ3) is 4.56. The van der Waals surface area contributed by atoms with Gasteiger partial charge in [-0.15, -0.1) is 11.3 Å². The Morgan fingerprint density at radius 1 is 1.22 bits per heavy atom. The minimum atomic E-state index is -3.08. The van der Waals surface area contributed by atoms with Crippen molar-refractivity contribution in [3.8, 4) is 11.1 Å². The molecule has 1 aromatic heterocycles. The van der Waals surface area contributed by atoms with Crippen LogP contribution in [0, 0.1) is 6.92 Å². The highest BCUT2D eigenvalue weighted by molar-refractivity contribution is 7.91. The van der Waals surface area contributed by atoms with E-state index in [0.717, 1.165) is 16.7 Å². The SMILES string of the molecule is Cc1ccc(-c2ccsc2C(=O)OCC(=O)N(C)[C@H]2CCS(=O)(=O)C2)cc1. The third-order valence-electron chi connectivity index (χ3n) is 4.69. The van der Waals surface area contributed by atoms with Gasteiger partial charge in [0, 0.05) is 18.7 Å². The lowest BCUT2D eigenvalue weighted by Crippen LogP contribution is -2.40. The molecule has 1 aromatic carbocycles. The molecule has 2 aromatic rings. The molecule has 27 heavy (non-hydrogen) atoms. The molecule has 1 aliphatic heterocycles. The number of likely N-dealkylation sites (N-methyl/N-ethyl adjacent to an activating group) is 1. The number of nitrogens with zero attached hydrogens (tertiary/aromatic N) is 1. The van der Waals surface area contributed by atoms with Crippen molar-refractivity contribution in [2.24, 2.45) is 0 Å². The minimum absolute atomic E-state index is 0.0360. The standard InChI is InChI=1S/C19H21NO5S2/c1-13-3-5-14(6-4-13)16-7-9-26-18(16)19(22)25-11-17(21)20(2)15-8-10-27(23,24)12-15/h3-7,9,15H,8,10-12H2,1-2H3/t15-/m0/s1. The van der Waals surface area contributed by atoms with E-state index in [0.29, 0.717) is 11.3 Å². The molecule has 0 radical (unpaired) electrons. The second-order valence-corrected chi connectivity index (χ2v) is 9.81. The van der Waals surface area contributed by atoms with E-state index in [9.17, 15) is 18.0 Å². The number of sulfone groups is 1. The Kier molecular flexibility index (Phi) is 5.67. The van der Waals surface area contributed by atoms with E-state index in [-0.39, 0.29) is 17.5 Å². The van der Waals surface area contributed by atoms with E-state index in [4.69, 9.17) is 4.74 Å². The van der Waals surface area contributed by atoms with Crippen LogP contribution in [0.15, 0.2) is 35.7 Å². The highest BCUT2D eigenvalue weighted by Crippen LogP contribution is 2.29. The fourth-order valence-corrected chi connectivity index (χ4v) is 5.59. The molecule has 0 spiro atoms. The van der Waals surface area contributed by atoms with Crippen LogP contribution in [0.25, 0.3) is 11.1 Å². The maximum Gasteiger partial charge on any atom is 0.349 e. The van der Waals surface area contributed by atoms with Crippen molar-refractivity contribution in [2.45, 2.75) is 19.4 Å². The number of benzene rings is 1. The zero-order valence-corrected chi connectivity index (χ0v) is 16.8. The molecule has 1 amide bonds. The molecule has 0 aliphatic carbocycles. The smallest absolute Gasteiger partial charge is 0.349 e. The molecule has 3 rings (SSSR count). The Bertz CT molecular complexity index is 947. The van der Waals surface area contributed by atoms with E-state index in [1.807, 2.05) is 42.6 Å². The number of ether oxygens (including phenoxy) is 1. The van der Waals surface area contributed by atoms with Crippen molar-refractivity contribution in [3.63, 3.8) is 0 Å². The summed E-state index contributed by atoms with van der Waals surface area (Å²) in [5.74, 6) is -0.907. The number of carbonyl (C=O) groups is 2. The van der Waals surface area contributed by atoms with Crippen LogP contribution in [-0.2, 0) is 19.4 Å². The zero-order valence-electron chi connectivity index (χ0n) is 15.2. The van der Waals surface area contributed by atoms with Crippen LogP contribution in [0.3, 0.4) is 0 Å². The summed E-state index contributed by atoms with van der Waals surface area (Å²) in [6.45, 7) is 1.58. The summed E-state index contributed by atoms with van der Waals surface area (Å²) in [7, 11) is -1.53. The van der Waals surface area contributed by atoms with Gasteiger partial charge in [-0.3, -0.25) is 4.79 Å². The molecule has 144 valence electrons. The van der Waals surface area contributed by atoms with Gasteiger partial charge in [0.1, 0.15) is 4.88 Å². The quantitative estimate of drug-likeness (QED) is 0.712. The van der Waals surface area contributed by atoms with E-state index in [1.54, 1.807) is 7.05 Å². The van der Waals surface area contributed by atoms with Gasteiger partial charge in [-0.25, -0.2) is 13.2 Å². The summed E-state index contributed by atoms with van der Waals surface area (Å²) in [6, 6.07) is 9.31. The molecule has 1 saturated heterocycles. The fraction of sp³-hybridized carbons (Fsp3) is 0.368. The summed E-state index contributed by atoms with van der Waals surface area (Å²) in [5.41, 5.74) is 2.81. The first kappa shape index (κ1) is 19.6. The van der Waals surface area contributed by atoms with Crippen molar-refractivity contribution >= 4 is 33.1 Å². The second kappa shape index (κ2) is 7.82. The normalized spacial score (nSPS) is 18.2. The number of hydrogen-bond acceptors (Lipinski definition) is 6. The number of thiophene rings is 1. The van der Waals surface area contributed by atoms with Crippen molar-refractivity contribution in [2.75, 3.05) is 25.2 Å². The van der Waals surface area contributed by atoms with Crippen LogP contribution in [0.1, 0.15) is 21.7 Å². The lowest BCUT2D eigenvalue weighted by molar-refractivity contribution is -0.134. The molecular formula is C19H21NO5S2. The van der Waals surface area contributed by atoms with E-state index >= 15 is 0 Å². The molecule has 0 bridgehead atoms. The summed E-state index contributed by atoms with van der Waals surface area (Å²) in [5, 5.41) is 1.81. The van der Waals surface area contributed by atoms with Crippen LogP contribution >= 0.6 is 11.3 Å². The molecule has 1 aliphatic rings. The molecule has 0 N–H and O–H groups in total. The first-order chi connectivity index (χ1) is 12.8. The highest BCUT2D eigenvalue weighted by Gasteiger charge is 2.33. The lowest BCUT2D eigenvalue weighted by atomic mass is 10.1. The van der Waals surface area contributed by atoms with E-state index < -0.39 is 28.3 Å². The first-order valence-electron chi connectivity index (χ1n) is 8.54. The fourth-order valence-electron chi connectivity index (χ4n) is 3.01. The van der Waals surface area contributed by atoms with Gasteiger partial charge in [-0.05, 0) is 30.4 Å². The van der Waals surface area contributed by atoms with Crippen molar-refractivity contribution in [1.29, 1.82) is 0 Å². The van der Waals surface area contributed by atoms with Crippen LogP contribution < -0.4 is 0 Å². The number of amides is 1. The van der Waals surface area contributed by atoms with Gasteiger partial charge < -0.3 is 9.64 Å². The van der Waals surface area contributed by atoms with Crippen LogP contribution in [0.4, 0.5) is 0 Å². The van der Waals surface area contributed by atoms with E-state index in [2.05, 4.69) is 0 Å². The monoisotopic (exact) mass is 407 g/mol. The van der Waals surface area contributed by atoms with Gasteiger partial charge in [0.05, 0.1) is 11.5 Å². The number of rotatable bonds is 5. The van der Waals surface area contributed by atoms with Gasteiger partial charge in [-0.2, -0.15) is 0 Å². The predicted molar refractivity (Wildman–Crippen MR) is 105 cm³/mol. The van der Waals surface area contributed by atoms with Crippen LogP contribution in [-0.4, -0.2) is 56.4 Å². The van der Waals surface area contributed by atoms with Crippen LogP contribution in [0.2, 0.25) is 0 Å². The van der Waals surface area contributed by atoms with Crippen molar-refractivity contribution in [3.05, 3.63) is 46.2 Å². The Morgan fingerprint density at radius 3 is 2.56 bits per heavy atom. The largest absolute Gasteiger partial charge is 0.451 e. The Morgan fingerprint density at radius 2 is 1.93 bits per heavy atom. The molecule has 8 heteroatoms. The molecule has 6 nitrogen and oxygen atoms in total. The number of esters is 1. The second-order valence-electron chi connectivity index (χ2n) is 6.67. The van der Waals surface area contributed by atoms with Gasteiger partial charge in [-0.1, -0.05) is 29.8 Å². The maximum absolute atomic E-state index is 12.4. The highest BCUT2D eigenvalue weighted by atomic mass is 32.2. The van der Waals surface area contributed by atoms with Crippen LogP contribution in [0.5, 0.6) is 0 Å². The zero-order chi connectivity index (χ0) is 19.6. The average Bonchev–Trinajstić information content (AvgIpc) is 3.26. The lowest BCUT2D eigenvalue weighted by Gasteiger charge is -2.23. The molecule has 1 atom stereocenters. The summed E-state index contributed by atoms with van der Waals surface area (Å²) >= 11 is 1.26. The number of hydrogen-bond donors (Lipinski definition) is 0. The molecule has 1 fully saturated rings. The topological polar surface area (TPSA) is 80.8 Å². The maximum atomic E-state index is 12.4. The molecular weight excluding hydrogens is 386 g/mol. The van der Waals surface area contributed by atoms with Crippen molar-refractivity contribution < 1.29 is 22.7 Å². The predicted octanol–water partition coefficient (Wildman–Crippen LogP) is 2.53. The van der Waals surface area contributed by atoms with Gasteiger partial charge in [0.2, 0.25) is 0 Å².